The van der Waals surface area contributed by atoms with E-state index in [0.29, 0.717) is 10.7 Å². The van der Waals surface area contributed by atoms with Gasteiger partial charge in [-0.2, -0.15) is 32.6 Å². The molecule has 0 radical (unpaired) electrons. The van der Waals surface area contributed by atoms with E-state index in [1.807, 2.05) is 0 Å². The Morgan fingerprint density at radius 2 is 1.93 bits per heavy atom. The van der Waals surface area contributed by atoms with Crippen molar-refractivity contribution in [1.82, 2.24) is 24.5 Å². The molecule has 154 valence electrons. The minimum absolute atomic E-state index is 0.115. The van der Waals surface area contributed by atoms with Crippen molar-refractivity contribution >= 4 is 35.4 Å². The monoisotopic (exact) mass is 454 g/mol. The van der Waals surface area contributed by atoms with Crippen LogP contribution in [-0.2, 0) is 11.9 Å². The Morgan fingerprint density at radius 1 is 1.13 bits per heavy atom. The van der Waals surface area contributed by atoms with Gasteiger partial charge in [-0.1, -0.05) is 47.6 Å². The van der Waals surface area contributed by atoms with Crippen molar-refractivity contribution in [2.75, 3.05) is 0 Å². The third-order valence-corrected chi connectivity index (χ3v) is 5.33. The Labute approximate surface area is 176 Å². The second-order valence-corrected chi connectivity index (χ2v) is 7.39. The number of nitrogens with zero attached hydrogens (tertiary/aromatic N) is 6. The van der Waals surface area contributed by atoms with Crippen molar-refractivity contribution in [3.63, 3.8) is 0 Å². The Kier molecular flexibility index (Phi) is 5.48. The molecule has 2 aromatic heterocycles. The van der Waals surface area contributed by atoms with Crippen LogP contribution in [0.25, 0.3) is 5.78 Å². The van der Waals surface area contributed by atoms with Gasteiger partial charge in [0.15, 0.2) is 0 Å². The molecule has 0 aliphatic rings. The van der Waals surface area contributed by atoms with Crippen LogP contribution in [0, 0.1) is 5.82 Å². The lowest BCUT2D eigenvalue weighted by Crippen LogP contribution is -2.04. The van der Waals surface area contributed by atoms with E-state index < -0.39 is 17.6 Å². The largest absolute Gasteiger partial charge is 0.416 e. The standard InChI is InChI=1S/C18H11ClF4N6S/c19-14-5-2-6-15(20)13(14)8-24-28-10-25-29-16(28)26-27-17(29)30-9-11-3-1-4-12(7-11)18(21,22)23/h1-8,10H,9H2. The topological polar surface area (TPSA) is 60.4 Å². The summed E-state index contributed by atoms with van der Waals surface area (Å²) in [5.74, 6) is -0.0301. The Bertz CT molecular complexity index is 1210. The highest BCUT2D eigenvalue weighted by Gasteiger charge is 2.30. The minimum atomic E-state index is -4.40. The highest BCUT2D eigenvalue weighted by molar-refractivity contribution is 7.98. The smallest absolute Gasteiger partial charge is 0.206 e. The zero-order valence-electron chi connectivity index (χ0n) is 14.9. The average molecular weight is 455 g/mol. The number of aromatic nitrogens is 5. The van der Waals surface area contributed by atoms with Crippen LogP contribution < -0.4 is 0 Å². The van der Waals surface area contributed by atoms with E-state index in [9.17, 15) is 17.6 Å². The molecule has 0 N–H and O–H groups in total. The van der Waals surface area contributed by atoms with Crippen molar-refractivity contribution in [1.29, 1.82) is 0 Å². The molecule has 0 spiro atoms. The van der Waals surface area contributed by atoms with Gasteiger partial charge in [-0.3, -0.25) is 0 Å². The van der Waals surface area contributed by atoms with E-state index >= 15 is 0 Å². The van der Waals surface area contributed by atoms with E-state index in [2.05, 4.69) is 20.4 Å². The van der Waals surface area contributed by atoms with Crippen LogP contribution in [0.1, 0.15) is 16.7 Å². The molecule has 12 heteroatoms. The highest BCUT2D eigenvalue weighted by atomic mass is 35.5. The maximum Gasteiger partial charge on any atom is 0.416 e. The maximum absolute atomic E-state index is 13.9. The van der Waals surface area contributed by atoms with E-state index in [1.54, 1.807) is 6.07 Å². The van der Waals surface area contributed by atoms with Crippen LogP contribution in [0.5, 0.6) is 0 Å². The second kappa shape index (κ2) is 8.07. The van der Waals surface area contributed by atoms with Crippen LogP contribution in [0.4, 0.5) is 17.6 Å². The van der Waals surface area contributed by atoms with Gasteiger partial charge >= 0.3 is 6.18 Å². The number of rotatable bonds is 5. The van der Waals surface area contributed by atoms with Crippen LogP contribution >= 0.6 is 23.4 Å². The third-order valence-electron chi connectivity index (χ3n) is 4.01. The SMILES string of the molecule is Fc1cccc(Cl)c1C=Nn1cnn2c(SCc3cccc(C(F)(F)F)c3)nnc12. The molecule has 0 amide bonds. The van der Waals surface area contributed by atoms with E-state index in [4.69, 9.17) is 11.6 Å². The van der Waals surface area contributed by atoms with Gasteiger partial charge in [0.05, 0.1) is 16.8 Å². The molecular weight excluding hydrogens is 444 g/mol. The summed E-state index contributed by atoms with van der Waals surface area (Å²) in [5, 5.41) is 16.8. The van der Waals surface area contributed by atoms with Crippen molar-refractivity contribution in [2.24, 2.45) is 5.10 Å². The molecule has 0 saturated carbocycles. The first-order valence-electron chi connectivity index (χ1n) is 8.39. The number of alkyl halides is 3. The highest BCUT2D eigenvalue weighted by Crippen LogP contribution is 2.31. The van der Waals surface area contributed by atoms with Gasteiger partial charge < -0.3 is 0 Å². The van der Waals surface area contributed by atoms with Crippen molar-refractivity contribution in [3.05, 3.63) is 76.3 Å². The molecule has 2 heterocycles. The summed E-state index contributed by atoms with van der Waals surface area (Å²) in [7, 11) is 0. The fourth-order valence-corrected chi connectivity index (χ4v) is 3.60. The number of thioether (sulfide) groups is 1. The molecule has 6 nitrogen and oxygen atoms in total. The maximum atomic E-state index is 13.9. The molecule has 4 aromatic rings. The van der Waals surface area contributed by atoms with Crippen molar-refractivity contribution < 1.29 is 17.6 Å². The molecule has 0 unspecified atom stereocenters. The molecule has 30 heavy (non-hydrogen) atoms. The zero-order chi connectivity index (χ0) is 21.3. The molecule has 0 fully saturated rings. The van der Waals surface area contributed by atoms with E-state index in [0.717, 1.165) is 12.1 Å². The first-order valence-corrected chi connectivity index (χ1v) is 9.75. The number of hydrogen-bond donors (Lipinski definition) is 0. The Hall–Kier alpha value is -2.92. The number of hydrogen-bond acceptors (Lipinski definition) is 5. The van der Waals surface area contributed by atoms with Crippen molar-refractivity contribution in [2.45, 2.75) is 17.1 Å². The number of fused-ring (bicyclic) bond motifs is 1. The van der Waals surface area contributed by atoms with E-state index in [1.165, 1.54) is 57.8 Å². The predicted molar refractivity (Wildman–Crippen MR) is 104 cm³/mol. The average Bonchev–Trinajstić information content (AvgIpc) is 3.28. The van der Waals surface area contributed by atoms with Gasteiger partial charge in [0.1, 0.15) is 12.1 Å². The quantitative estimate of drug-likeness (QED) is 0.244. The third kappa shape index (κ3) is 4.17. The fraction of sp³-hybridized carbons (Fsp3) is 0.111. The summed E-state index contributed by atoms with van der Waals surface area (Å²) in [4.78, 5) is 0. The van der Waals surface area contributed by atoms with Crippen LogP contribution in [0.15, 0.2) is 59.0 Å². The van der Waals surface area contributed by atoms with Crippen LogP contribution in [0.3, 0.4) is 0 Å². The zero-order valence-corrected chi connectivity index (χ0v) is 16.5. The Balaban J connectivity index is 1.53. The van der Waals surface area contributed by atoms with Gasteiger partial charge in [-0.05, 0) is 23.8 Å². The summed E-state index contributed by atoms with van der Waals surface area (Å²) in [6.07, 6.45) is -1.81. The molecule has 0 aliphatic heterocycles. The summed E-state index contributed by atoms with van der Waals surface area (Å²) in [5.41, 5.74) is -0.111. The summed E-state index contributed by atoms with van der Waals surface area (Å²) < 4.78 is 55.1. The summed E-state index contributed by atoms with van der Waals surface area (Å²) in [6.45, 7) is 0. The molecule has 0 bridgehead atoms. The van der Waals surface area contributed by atoms with Gasteiger partial charge in [-0.15, -0.1) is 10.2 Å². The lowest BCUT2D eigenvalue weighted by molar-refractivity contribution is -0.137. The van der Waals surface area contributed by atoms with Gasteiger partial charge in [-0.25, -0.2) is 4.39 Å². The summed E-state index contributed by atoms with van der Waals surface area (Å²) in [6, 6.07) is 9.34. The normalized spacial score (nSPS) is 12.3. The second-order valence-electron chi connectivity index (χ2n) is 6.04. The molecular formula is C18H11ClF4N6S. The lowest BCUT2D eigenvalue weighted by Gasteiger charge is -2.07. The molecule has 0 saturated heterocycles. The van der Waals surface area contributed by atoms with Gasteiger partial charge in [0.2, 0.25) is 5.16 Å². The number of halogens is 5. The van der Waals surface area contributed by atoms with E-state index in [-0.39, 0.29) is 22.1 Å². The summed E-state index contributed by atoms with van der Waals surface area (Å²) >= 11 is 7.14. The Morgan fingerprint density at radius 3 is 2.70 bits per heavy atom. The predicted octanol–water partition coefficient (Wildman–Crippen LogP) is 4.91. The molecule has 2 aromatic carbocycles. The number of benzene rings is 2. The lowest BCUT2D eigenvalue weighted by atomic mass is 10.1. The first-order chi connectivity index (χ1) is 14.3. The van der Waals surface area contributed by atoms with Gasteiger partial charge in [0, 0.05) is 11.3 Å². The fourth-order valence-electron chi connectivity index (χ4n) is 2.56. The van der Waals surface area contributed by atoms with Gasteiger partial charge in [0.25, 0.3) is 5.78 Å². The minimum Gasteiger partial charge on any atom is -0.206 e. The molecule has 0 atom stereocenters. The van der Waals surface area contributed by atoms with Crippen LogP contribution in [0.2, 0.25) is 5.02 Å². The van der Waals surface area contributed by atoms with Crippen LogP contribution in [-0.4, -0.2) is 30.7 Å². The molecule has 0 aliphatic carbocycles. The van der Waals surface area contributed by atoms with Crippen molar-refractivity contribution in [3.8, 4) is 0 Å². The molecule has 4 rings (SSSR count). The first kappa shape index (κ1) is 20.4.